The van der Waals surface area contributed by atoms with Crippen LogP contribution in [0.1, 0.15) is 19.8 Å². The number of sulfonamides is 1. The normalized spacial score (nSPS) is 15.6. The lowest BCUT2D eigenvalue weighted by Crippen LogP contribution is -2.41. The van der Waals surface area contributed by atoms with Crippen molar-refractivity contribution in [2.45, 2.75) is 30.7 Å². The quantitative estimate of drug-likeness (QED) is 0.794. The van der Waals surface area contributed by atoms with Gasteiger partial charge in [-0.2, -0.15) is 4.72 Å². The number of hydrogen-bond donors (Lipinski definition) is 2. The minimum Gasteiger partial charge on any atom is -0.325 e. The second kappa shape index (κ2) is 7.89. The Morgan fingerprint density at radius 3 is 2.52 bits per heavy atom. The Labute approximate surface area is 158 Å². The molecule has 0 aliphatic carbocycles. The van der Waals surface area contributed by atoms with Crippen molar-refractivity contribution in [3.8, 4) is 0 Å². The molecule has 0 unspecified atom stereocenters. The van der Waals surface area contributed by atoms with Crippen LogP contribution in [0.5, 0.6) is 0 Å². The molecule has 2 aromatic carbocycles. The topological polar surface area (TPSA) is 95.6 Å². The molecule has 1 heterocycles. The number of benzene rings is 2. The van der Waals surface area contributed by atoms with E-state index in [0.29, 0.717) is 24.3 Å². The van der Waals surface area contributed by atoms with Gasteiger partial charge in [0.15, 0.2) is 0 Å². The van der Waals surface area contributed by atoms with Crippen molar-refractivity contribution in [2.24, 2.45) is 0 Å². The lowest BCUT2D eigenvalue weighted by molar-refractivity contribution is -0.117. The summed E-state index contributed by atoms with van der Waals surface area (Å²) >= 11 is 0. The maximum absolute atomic E-state index is 12.4. The van der Waals surface area contributed by atoms with Gasteiger partial charge in [0.25, 0.3) is 0 Å². The number of amides is 2. The van der Waals surface area contributed by atoms with E-state index >= 15 is 0 Å². The van der Waals surface area contributed by atoms with E-state index in [4.69, 9.17) is 0 Å². The van der Waals surface area contributed by atoms with E-state index in [2.05, 4.69) is 10.0 Å². The predicted octanol–water partition coefficient (Wildman–Crippen LogP) is 2.12. The highest BCUT2D eigenvalue weighted by molar-refractivity contribution is 7.89. The smallest absolute Gasteiger partial charge is 0.242 e. The molecule has 0 spiro atoms. The summed E-state index contributed by atoms with van der Waals surface area (Å²) in [6.07, 6.45) is 1.34. The van der Waals surface area contributed by atoms with Gasteiger partial charge in [-0.15, -0.1) is 0 Å². The second-order valence-corrected chi connectivity index (χ2v) is 8.06. The van der Waals surface area contributed by atoms with Crippen molar-refractivity contribution in [2.75, 3.05) is 16.8 Å². The molecule has 27 heavy (non-hydrogen) atoms. The van der Waals surface area contributed by atoms with E-state index in [9.17, 15) is 18.0 Å². The van der Waals surface area contributed by atoms with E-state index in [0.717, 1.165) is 6.42 Å². The van der Waals surface area contributed by atoms with Crippen molar-refractivity contribution in [3.63, 3.8) is 0 Å². The third kappa shape index (κ3) is 4.53. The zero-order valence-electron chi connectivity index (χ0n) is 14.9. The number of nitrogens with one attached hydrogen (secondary N) is 2. The molecule has 2 aromatic rings. The molecule has 1 fully saturated rings. The summed E-state index contributed by atoms with van der Waals surface area (Å²) in [7, 11) is -3.79. The Hall–Kier alpha value is -2.71. The molecular formula is C19H21N3O4S. The largest absolute Gasteiger partial charge is 0.325 e. The summed E-state index contributed by atoms with van der Waals surface area (Å²) in [4.78, 5) is 26.0. The first-order valence-corrected chi connectivity index (χ1v) is 10.1. The highest BCUT2D eigenvalue weighted by Crippen LogP contribution is 2.24. The first-order valence-electron chi connectivity index (χ1n) is 8.65. The molecule has 1 aliphatic rings. The van der Waals surface area contributed by atoms with Gasteiger partial charge in [0.2, 0.25) is 21.8 Å². The van der Waals surface area contributed by atoms with Gasteiger partial charge in [0.1, 0.15) is 0 Å². The third-order valence-corrected chi connectivity index (χ3v) is 5.83. The van der Waals surface area contributed by atoms with Gasteiger partial charge in [-0.25, -0.2) is 8.42 Å². The molecule has 7 nitrogen and oxygen atoms in total. The predicted molar refractivity (Wildman–Crippen MR) is 103 cm³/mol. The molecule has 2 amide bonds. The van der Waals surface area contributed by atoms with E-state index in [1.54, 1.807) is 47.4 Å². The molecule has 2 N–H and O–H groups in total. The Balaban J connectivity index is 1.67. The zero-order chi connectivity index (χ0) is 19.4. The Kier molecular flexibility index (Phi) is 5.57. The van der Waals surface area contributed by atoms with Crippen LogP contribution in [0, 0.1) is 0 Å². The number of carbonyl (C=O) groups is 2. The fraction of sp³-hybridized carbons (Fsp3) is 0.263. The van der Waals surface area contributed by atoms with Crippen molar-refractivity contribution in [1.29, 1.82) is 0 Å². The zero-order valence-corrected chi connectivity index (χ0v) is 15.7. The Morgan fingerprint density at radius 1 is 1.11 bits per heavy atom. The van der Waals surface area contributed by atoms with Gasteiger partial charge in [0.05, 0.1) is 10.9 Å². The maximum atomic E-state index is 12.4. The van der Waals surface area contributed by atoms with Gasteiger partial charge in [-0.1, -0.05) is 24.3 Å². The molecule has 1 aliphatic heterocycles. The van der Waals surface area contributed by atoms with E-state index in [1.807, 2.05) is 0 Å². The van der Waals surface area contributed by atoms with Crippen LogP contribution in [0.3, 0.4) is 0 Å². The van der Waals surface area contributed by atoms with Gasteiger partial charge in [-0.3, -0.25) is 9.59 Å². The van der Waals surface area contributed by atoms with Gasteiger partial charge < -0.3 is 10.2 Å². The van der Waals surface area contributed by atoms with Crippen LogP contribution in [-0.2, 0) is 19.6 Å². The summed E-state index contributed by atoms with van der Waals surface area (Å²) in [5.41, 5.74) is 1.22. The molecule has 0 bridgehead atoms. The standard InChI is InChI=1S/C19H21N3O4S/c1-14(21-27(25,26)17-9-3-2-4-10-17)19(24)20-15-7-5-8-16(13-15)22-12-6-11-18(22)23/h2-5,7-10,13-14,21H,6,11-12H2,1H3,(H,20,24)/t14-/m0/s1. The van der Waals surface area contributed by atoms with Crippen LogP contribution in [0.15, 0.2) is 59.5 Å². The highest BCUT2D eigenvalue weighted by atomic mass is 32.2. The van der Waals surface area contributed by atoms with E-state index < -0.39 is 22.0 Å². The lowest BCUT2D eigenvalue weighted by Gasteiger charge is -2.18. The summed E-state index contributed by atoms with van der Waals surface area (Å²) in [5.74, 6) is -0.429. The van der Waals surface area contributed by atoms with Gasteiger partial charge >= 0.3 is 0 Å². The minimum absolute atomic E-state index is 0.0578. The summed E-state index contributed by atoms with van der Waals surface area (Å²) in [6, 6.07) is 13.9. The fourth-order valence-electron chi connectivity index (χ4n) is 2.88. The average molecular weight is 387 g/mol. The number of anilines is 2. The van der Waals surface area contributed by atoms with Crippen molar-refractivity contribution in [1.82, 2.24) is 4.72 Å². The van der Waals surface area contributed by atoms with E-state index in [-0.39, 0.29) is 10.8 Å². The maximum Gasteiger partial charge on any atom is 0.242 e. The summed E-state index contributed by atoms with van der Waals surface area (Å²) < 4.78 is 27.0. The van der Waals surface area contributed by atoms with Crippen LogP contribution in [0.25, 0.3) is 0 Å². The van der Waals surface area contributed by atoms with Gasteiger partial charge in [-0.05, 0) is 43.7 Å². The Morgan fingerprint density at radius 2 is 1.85 bits per heavy atom. The molecule has 0 aromatic heterocycles. The molecule has 1 saturated heterocycles. The number of hydrogen-bond acceptors (Lipinski definition) is 4. The SMILES string of the molecule is C[C@H](NS(=O)(=O)c1ccccc1)C(=O)Nc1cccc(N2CCCC2=O)c1. The molecule has 3 rings (SSSR count). The second-order valence-electron chi connectivity index (χ2n) is 6.34. The average Bonchev–Trinajstić information content (AvgIpc) is 3.08. The van der Waals surface area contributed by atoms with Crippen molar-refractivity contribution >= 4 is 33.2 Å². The highest BCUT2D eigenvalue weighted by Gasteiger charge is 2.24. The first-order chi connectivity index (χ1) is 12.9. The fourth-order valence-corrected chi connectivity index (χ4v) is 4.10. The van der Waals surface area contributed by atoms with Crippen molar-refractivity contribution in [3.05, 3.63) is 54.6 Å². The lowest BCUT2D eigenvalue weighted by atomic mass is 10.2. The molecule has 0 radical (unpaired) electrons. The molecule has 1 atom stereocenters. The number of carbonyl (C=O) groups excluding carboxylic acids is 2. The minimum atomic E-state index is -3.79. The molecular weight excluding hydrogens is 366 g/mol. The molecule has 8 heteroatoms. The monoisotopic (exact) mass is 387 g/mol. The van der Waals surface area contributed by atoms with Crippen LogP contribution >= 0.6 is 0 Å². The summed E-state index contributed by atoms with van der Waals surface area (Å²) in [6.45, 7) is 2.13. The van der Waals surface area contributed by atoms with Crippen LogP contribution in [0.2, 0.25) is 0 Å². The summed E-state index contributed by atoms with van der Waals surface area (Å²) in [5, 5.41) is 2.69. The van der Waals surface area contributed by atoms with Crippen LogP contribution in [-0.4, -0.2) is 32.8 Å². The van der Waals surface area contributed by atoms with Crippen molar-refractivity contribution < 1.29 is 18.0 Å². The van der Waals surface area contributed by atoms with Gasteiger partial charge in [0, 0.05) is 24.3 Å². The first kappa shape index (κ1) is 19.1. The number of rotatable bonds is 6. The molecule has 142 valence electrons. The molecule has 0 saturated carbocycles. The van der Waals surface area contributed by atoms with E-state index in [1.165, 1.54) is 19.1 Å². The van der Waals surface area contributed by atoms with Crippen LogP contribution in [0.4, 0.5) is 11.4 Å². The third-order valence-electron chi connectivity index (χ3n) is 4.28. The number of nitrogens with zero attached hydrogens (tertiary/aromatic N) is 1. The van der Waals surface area contributed by atoms with Crippen LogP contribution < -0.4 is 14.9 Å². The Bertz CT molecular complexity index is 944.